The van der Waals surface area contributed by atoms with E-state index in [1.54, 1.807) is 0 Å². The molecule has 0 aromatic rings. The van der Waals surface area contributed by atoms with Crippen LogP contribution in [0.15, 0.2) is 24.3 Å². The molecule has 0 bridgehead atoms. The Bertz CT molecular complexity index is 982. The average molecular weight is 889 g/mol. The molecule has 0 aliphatic heterocycles. The fourth-order valence-corrected chi connectivity index (χ4v) is 8.67. The highest BCUT2D eigenvalue weighted by molar-refractivity contribution is 5.76. The number of aliphatic hydroxyl groups excluding tert-OH is 2. The summed E-state index contributed by atoms with van der Waals surface area (Å²) in [6.45, 7) is 4.91. The van der Waals surface area contributed by atoms with Crippen molar-refractivity contribution in [3.8, 4) is 0 Å². The summed E-state index contributed by atoms with van der Waals surface area (Å²) < 4.78 is 5.48. The first kappa shape index (κ1) is 61.3. The van der Waals surface area contributed by atoms with Crippen molar-refractivity contribution in [3.63, 3.8) is 0 Å². The highest BCUT2D eigenvalue weighted by Gasteiger charge is 2.20. The van der Waals surface area contributed by atoms with Gasteiger partial charge < -0.3 is 20.3 Å². The van der Waals surface area contributed by atoms with Crippen LogP contribution >= 0.6 is 0 Å². The van der Waals surface area contributed by atoms with Gasteiger partial charge in [0.15, 0.2) is 0 Å². The van der Waals surface area contributed by atoms with E-state index in [1.807, 2.05) is 0 Å². The number of carbonyl (C=O) groups is 2. The molecule has 0 aromatic heterocycles. The molecule has 3 N–H and O–H groups in total. The number of rotatable bonds is 52. The zero-order chi connectivity index (χ0) is 45.8. The second-order valence-corrected chi connectivity index (χ2v) is 19.3. The zero-order valence-electron chi connectivity index (χ0n) is 42.3. The van der Waals surface area contributed by atoms with Crippen molar-refractivity contribution in [1.29, 1.82) is 0 Å². The molecule has 372 valence electrons. The van der Waals surface area contributed by atoms with Gasteiger partial charge in [0, 0.05) is 12.8 Å². The summed E-state index contributed by atoms with van der Waals surface area (Å²) in [6, 6.07) is -0.548. The van der Waals surface area contributed by atoms with Crippen molar-refractivity contribution in [2.24, 2.45) is 0 Å². The van der Waals surface area contributed by atoms with E-state index in [2.05, 4.69) is 43.5 Å². The molecule has 63 heavy (non-hydrogen) atoms. The maximum Gasteiger partial charge on any atom is 0.305 e. The maximum atomic E-state index is 12.5. The van der Waals surface area contributed by atoms with Gasteiger partial charge in [-0.15, -0.1) is 0 Å². The minimum absolute atomic E-state index is 0.00684. The Morgan fingerprint density at radius 3 is 1.24 bits per heavy atom. The Balaban J connectivity index is 3.42. The van der Waals surface area contributed by atoms with Crippen LogP contribution in [-0.2, 0) is 14.3 Å². The number of esters is 1. The lowest BCUT2D eigenvalue weighted by Gasteiger charge is -2.22. The third kappa shape index (κ3) is 49.6. The predicted molar refractivity (Wildman–Crippen MR) is 273 cm³/mol. The number of unbranched alkanes of at least 4 members (excludes halogenated alkanes) is 37. The molecular weight excluding hydrogens is 779 g/mol. The van der Waals surface area contributed by atoms with Crippen LogP contribution in [0.4, 0.5) is 0 Å². The Kier molecular flexibility index (Phi) is 51.6. The van der Waals surface area contributed by atoms with Crippen molar-refractivity contribution in [1.82, 2.24) is 5.32 Å². The lowest BCUT2D eigenvalue weighted by molar-refractivity contribution is -0.143. The second kappa shape index (κ2) is 53.0. The number of hydrogen-bond donors (Lipinski definition) is 3. The monoisotopic (exact) mass is 888 g/mol. The topological polar surface area (TPSA) is 95.9 Å². The van der Waals surface area contributed by atoms with Crippen LogP contribution in [0, 0.1) is 0 Å². The van der Waals surface area contributed by atoms with Gasteiger partial charge in [-0.1, -0.05) is 256 Å². The highest BCUT2D eigenvalue weighted by Crippen LogP contribution is 2.17. The molecule has 6 nitrogen and oxygen atoms in total. The smallest absolute Gasteiger partial charge is 0.305 e. The molecule has 0 radical (unpaired) electrons. The van der Waals surface area contributed by atoms with E-state index in [4.69, 9.17) is 4.74 Å². The van der Waals surface area contributed by atoms with Gasteiger partial charge in [-0.25, -0.2) is 0 Å². The van der Waals surface area contributed by atoms with E-state index >= 15 is 0 Å². The van der Waals surface area contributed by atoms with Crippen molar-refractivity contribution in [3.05, 3.63) is 24.3 Å². The summed E-state index contributed by atoms with van der Waals surface area (Å²) in [5, 5.41) is 23.2. The molecule has 0 aliphatic carbocycles. The third-order valence-corrected chi connectivity index (χ3v) is 13.0. The first-order chi connectivity index (χ1) is 31.0. The second-order valence-electron chi connectivity index (χ2n) is 19.3. The fraction of sp³-hybridized carbons (Fsp3) is 0.895. The van der Waals surface area contributed by atoms with E-state index < -0.39 is 12.1 Å². The summed E-state index contributed by atoms with van der Waals surface area (Å²) in [6.07, 6.45) is 62.9. The quantitative estimate of drug-likeness (QED) is 0.0321. The van der Waals surface area contributed by atoms with Gasteiger partial charge in [-0.2, -0.15) is 0 Å². The van der Waals surface area contributed by atoms with E-state index in [0.29, 0.717) is 25.9 Å². The number of allylic oxidation sites excluding steroid dienone is 4. The SMILES string of the molecule is CCCCC/C=C\C/C=C\CCCCCCCCCC(=O)OCCCCCCCCCCCCCCCCCC(=O)NC(CO)C(O)CCCCCCCCCCCCCCCC. The van der Waals surface area contributed by atoms with Gasteiger partial charge in [0.05, 0.1) is 25.4 Å². The molecule has 6 heteroatoms. The van der Waals surface area contributed by atoms with E-state index in [0.717, 1.165) is 57.8 Å². The summed E-state index contributed by atoms with van der Waals surface area (Å²) in [7, 11) is 0. The molecule has 0 rings (SSSR count). The highest BCUT2D eigenvalue weighted by atomic mass is 16.5. The molecule has 0 fully saturated rings. The standard InChI is InChI=1S/C57H109NO5/c1-3-5-7-9-11-13-15-17-19-20-23-27-31-35-39-43-47-51-57(62)63-52-48-44-40-36-32-28-24-21-22-26-30-34-38-42-46-50-56(61)58-54(53-59)55(60)49-45-41-37-33-29-25-18-16-14-12-10-8-6-4-2/h11,13,17,19,54-55,59-60H,3-10,12,14-16,18,20-53H2,1-2H3,(H,58,61)/b13-11-,19-17-. The van der Waals surface area contributed by atoms with Crippen molar-refractivity contribution in [2.45, 2.75) is 315 Å². The first-order valence-corrected chi connectivity index (χ1v) is 28.1. The summed E-state index contributed by atoms with van der Waals surface area (Å²) in [4.78, 5) is 24.5. The minimum atomic E-state index is -0.670. The summed E-state index contributed by atoms with van der Waals surface area (Å²) >= 11 is 0. The molecule has 2 atom stereocenters. The van der Waals surface area contributed by atoms with Crippen molar-refractivity contribution < 1.29 is 24.5 Å². The summed E-state index contributed by atoms with van der Waals surface area (Å²) in [5.41, 5.74) is 0. The molecule has 0 spiro atoms. The molecule has 0 heterocycles. The van der Waals surface area contributed by atoms with Crippen LogP contribution in [0.1, 0.15) is 303 Å². The fourth-order valence-electron chi connectivity index (χ4n) is 8.67. The lowest BCUT2D eigenvalue weighted by Crippen LogP contribution is -2.45. The molecule has 2 unspecified atom stereocenters. The molecular formula is C57H109NO5. The molecule has 0 saturated heterocycles. The van der Waals surface area contributed by atoms with Crippen molar-refractivity contribution in [2.75, 3.05) is 13.2 Å². The molecule has 0 saturated carbocycles. The van der Waals surface area contributed by atoms with Crippen LogP contribution in [0.25, 0.3) is 0 Å². The average Bonchev–Trinajstić information content (AvgIpc) is 3.28. The van der Waals surface area contributed by atoms with Gasteiger partial charge in [0.25, 0.3) is 0 Å². The van der Waals surface area contributed by atoms with Crippen LogP contribution in [0.3, 0.4) is 0 Å². The van der Waals surface area contributed by atoms with Gasteiger partial charge >= 0.3 is 5.97 Å². The largest absolute Gasteiger partial charge is 0.466 e. The minimum Gasteiger partial charge on any atom is -0.466 e. The van der Waals surface area contributed by atoms with Gasteiger partial charge in [0.1, 0.15) is 0 Å². The maximum absolute atomic E-state index is 12.5. The van der Waals surface area contributed by atoms with Gasteiger partial charge in [-0.05, 0) is 57.8 Å². The van der Waals surface area contributed by atoms with Gasteiger partial charge in [0.2, 0.25) is 5.91 Å². The molecule has 0 aromatic carbocycles. The number of amides is 1. The van der Waals surface area contributed by atoms with Crippen LogP contribution in [0.2, 0.25) is 0 Å². The Labute approximate surface area is 392 Å². The first-order valence-electron chi connectivity index (χ1n) is 28.1. The lowest BCUT2D eigenvalue weighted by atomic mass is 10.0. The normalized spacial score (nSPS) is 12.8. The number of nitrogens with one attached hydrogen (secondary N) is 1. The van der Waals surface area contributed by atoms with Crippen LogP contribution in [-0.4, -0.2) is 47.4 Å². The molecule has 1 amide bonds. The van der Waals surface area contributed by atoms with E-state index in [-0.39, 0.29) is 18.5 Å². The predicted octanol–water partition coefficient (Wildman–Crippen LogP) is 17.1. The number of aliphatic hydroxyl groups is 2. The van der Waals surface area contributed by atoms with E-state index in [9.17, 15) is 19.8 Å². The third-order valence-electron chi connectivity index (χ3n) is 13.0. The van der Waals surface area contributed by atoms with Crippen molar-refractivity contribution >= 4 is 11.9 Å². The number of ether oxygens (including phenoxy) is 1. The van der Waals surface area contributed by atoms with Gasteiger partial charge in [-0.3, -0.25) is 9.59 Å². The van der Waals surface area contributed by atoms with Crippen LogP contribution < -0.4 is 5.32 Å². The Morgan fingerprint density at radius 1 is 0.444 bits per heavy atom. The van der Waals surface area contributed by atoms with Crippen LogP contribution in [0.5, 0.6) is 0 Å². The number of hydrogen-bond acceptors (Lipinski definition) is 5. The molecule has 0 aliphatic rings. The Morgan fingerprint density at radius 2 is 0.794 bits per heavy atom. The Hall–Kier alpha value is -1.66. The van der Waals surface area contributed by atoms with E-state index in [1.165, 1.54) is 212 Å². The zero-order valence-corrected chi connectivity index (χ0v) is 42.3. The number of carbonyl (C=O) groups excluding carboxylic acids is 2. The summed E-state index contributed by atoms with van der Waals surface area (Å²) in [5.74, 6) is -0.0498.